The van der Waals surface area contributed by atoms with Crippen molar-refractivity contribution in [3.8, 4) is 0 Å². The second kappa shape index (κ2) is 5.92. The Hall–Kier alpha value is -2.15. The summed E-state index contributed by atoms with van der Waals surface area (Å²) in [6, 6.07) is 9.10. The summed E-state index contributed by atoms with van der Waals surface area (Å²) in [6.07, 6.45) is 0.185. The van der Waals surface area contributed by atoms with E-state index < -0.39 is 5.92 Å². The molecular weight excluding hydrogens is 350 g/mol. The molecule has 6 nitrogen and oxygen atoms in total. The number of carbonyl (C=O) groups excluding carboxylic acids is 2. The molecule has 0 radical (unpaired) electrons. The van der Waals surface area contributed by atoms with Gasteiger partial charge in [0, 0.05) is 23.5 Å². The third kappa shape index (κ3) is 2.89. The fraction of sp³-hybridized carbons (Fsp3) is 0.267. The van der Waals surface area contributed by atoms with Crippen LogP contribution in [0.5, 0.6) is 0 Å². The molecule has 0 spiro atoms. The smallest absolute Gasteiger partial charge is 0.231 e. The molecule has 1 atom stereocenters. The fourth-order valence-electron chi connectivity index (χ4n) is 2.44. The highest BCUT2D eigenvalue weighted by Gasteiger charge is 2.36. The number of aryl methyl sites for hydroxylation is 1. The summed E-state index contributed by atoms with van der Waals surface area (Å²) in [4.78, 5) is 26.1. The van der Waals surface area contributed by atoms with Crippen LogP contribution in [0.25, 0.3) is 0 Å². The molecule has 7 heteroatoms. The van der Waals surface area contributed by atoms with Crippen molar-refractivity contribution in [3.63, 3.8) is 0 Å². The molecule has 2 aromatic rings. The second-order valence-electron chi connectivity index (χ2n) is 5.17. The Balaban J connectivity index is 1.71. The van der Waals surface area contributed by atoms with Crippen molar-refractivity contribution in [1.82, 2.24) is 5.16 Å². The predicted octanol–water partition coefficient (Wildman–Crippen LogP) is 2.74. The third-order valence-corrected chi connectivity index (χ3v) is 4.19. The first kappa shape index (κ1) is 14.8. The maximum atomic E-state index is 12.2. The van der Waals surface area contributed by atoms with E-state index in [9.17, 15) is 9.59 Å². The molecule has 114 valence electrons. The first-order valence-corrected chi connectivity index (χ1v) is 7.63. The number of para-hydroxylation sites is 1. The van der Waals surface area contributed by atoms with E-state index >= 15 is 0 Å². The molecular formula is C15H14BrN3O3. The number of rotatable bonds is 3. The van der Waals surface area contributed by atoms with Crippen molar-refractivity contribution < 1.29 is 14.1 Å². The van der Waals surface area contributed by atoms with Gasteiger partial charge < -0.3 is 14.7 Å². The molecule has 1 saturated heterocycles. The Morgan fingerprint density at radius 1 is 1.45 bits per heavy atom. The van der Waals surface area contributed by atoms with Crippen LogP contribution < -0.4 is 10.2 Å². The van der Waals surface area contributed by atoms with Crippen LogP contribution in [0.4, 0.5) is 11.5 Å². The van der Waals surface area contributed by atoms with Gasteiger partial charge in [0.1, 0.15) is 5.76 Å². The van der Waals surface area contributed by atoms with Gasteiger partial charge in [0.05, 0.1) is 11.6 Å². The Bertz CT molecular complexity index is 728. The molecule has 22 heavy (non-hydrogen) atoms. The topological polar surface area (TPSA) is 75.4 Å². The lowest BCUT2D eigenvalue weighted by Crippen LogP contribution is -2.28. The van der Waals surface area contributed by atoms with Crippen LogP contribution >= 0.6 is 15.9 Å². The molecule has 1 aromatic heterocycles. The minimum atomic E-state index is -0.406. The van der Waals surface area contributed by atoms with E-state index in [2.05, 4.69) is 26.4 Å². The molecule has 0 saturated carbocycles. The minimum Gasteiger partial charge on any atom is -0.360 e. The fourth-order valence-corrected chi connectivity index (χ4v) is 2.94. The van der Waals surface area contributed by atoms with Gasteiger partial charge in [-0.05, 0) is 35.0 Å². The molecule has 1 unspecified atom stereocenters. The van der Waals surface area contributed by atoms with Gasteiger partial charge >= 0.3 is 0 Å². The van der Waals surface area contributed by atoms with E-state index in [1.54, 1.807) is 17.9 Å². The zero-order chi connectivity index (χ0) is 15.7. The van der Waals surface area contributed by atoms with Crippen molar-refractivity contribution in [2.45, 2.75) is 13.3 Å². The number of nitrogens with zero attached hydrogens (tertiary/aromatic N) is 2. The highest BCUT2D eigenvalue weighted by atomic mass is 79.9. The van der Waals surface area contributed by atoms with Gasteiger partial charge in [0.2, 0.25) is 11.8 Å². The summed E-state index contributed by atoms with van der Waals surface area (Å²) in [7, 11) is 0. The molecule has 0 bridgehead atoms. The van der Waals surface area contributed by atoms with Gasteiger partial charge in [-0.3, -0.25) is 9.59 Å². The average molecular weight is 364 g/mol. The molecule has 1 aliphatic heterocycles. The van der Waals surface area contributed by atoms with Gasteiger partial charge in [-0.2, -0.15) is 0 Å². The number of aromatic nitrogens is 1. The van der Waals surface area contributed by atoms with Crippen molar-refractivity contribution in [1.29, 1.82) is 0 Å². The zero-order valence-corrected chi connectivity index (χ0v) is 13.5. The molecule has 0 aliphatic carbocycles. The Labute approximate surface area is 135 Å². The van der Waals surface area contributed by atoms with Crippen LogP contribution in [0.1, 0.15) is 12.2 Å². The average Bonchev–Trinajstić information content (AvgIpc) is 3.06. The van der Waals surface area contributed by atoms with Gasteiger partial charge in [-0.1, -0.05) is 17.3 Å². The van der Waals surface area contributed by atoms with Crippen LogP contribution in [-0.4, -0.2) is 23.5 Å². The summed E-state index contributed by atoms with van der Waals surface area (Å²) in [6.45, 7) is 2.10. The van der Waals surface area contributed by atoms with Gasteiger partial charge in [0.15, 0.2) is 5.82 Å². The molecule has 1 N–H and O–H groups in total. The van der Waals surface area contributed by atoms with Crippen LogP contribution in [0.2, 0.25) is 0 Å². The molecule has 1 fully saturated rings. The first-order chi connectivity index (χ1) is 10.5. The number of hydrogen-bond acceptors (Lipinski definition) is 4. The van der Waals surface area contributed by atoms with Crippen molar-refractivity contribution in [3.05, 3.63) is 40.6 Å². The Morgan fingerprint density at radius 2 is 2.23 bits per heavy atom. The van der Waals surface area contributed by atoms with Crippen LogP contribution in [0, 0.1) is 12.8 Å². The SMILES string of the molecule is Cc1cc(NC(=O)C2CC(=O)N(c3ccccc3Br)C2)no1. The van der Waals surface area contributed by atoms with E-state index in [0.717, 1.165) is 10.2 Å². The number of amides is 2. The zero-order valence-electron chi connectivity index (χ0n) is 11.9. The normalized spacial score (nSPS) is 17.8. The maximum absolute atomic E-state index is 12.2. The van der Waals surface area contributed by atoms with Gasteiger partial charge in [-0.15, -0.1) is 0 Å². The van der Waals surface area contributed by atoms with Gasteiger partial charge in [-0.25, -0.2) is 0 Å². The van der Waals surface area contributed by atoms with E-state index in [1.807, 2.05) is 24.3 Å². The van der Waals surface area contributed by atoms with Crippen LogP contribution in [0.3, 0.4) is 0 Å². The van der Waals surface area contributed by atoms with Crippen molar-refractivity contribution >= 4 is 39.2 Å². The highest BCUT2D eigenvalue weighted by Crippen LogP contribution is 2.31. The number of halogens is 1. The molecule has 3 rings (SSSR count). The van der Waals surface area contributed by atoms with Gasteiger partial charge in [0.25, 0.3) is 0 Å². The first-order valence-electron chi connectivity index (χ1n) is 6.83. The van der Waals surface area contributed by atoms with E-state index in [-0.39, 0.29) is 18.2 Å². The summed E-state index contributed by atoms with van der Waals surface area (Å²) >= 11 is 3.43. The summed E-state index contributed by atoms with van der Waals surface area (Å²) < 4.78 is 5.74. The quantitative estimate of drug-likeness (QED) is 0.909. The number of carbonyl (C=O) groups is 2. The summed E-state index contributed by atoms with van der Waals surface area (Å²) in [5.74, 6) is 0.290. The number of nitrogens with one attached hydrogen (secondary N) is 1. The molecule has 1 aromatic carbocycles. The van der Waals surface area contributed by atoms with Crippen LogP contribution in [0.15, 0.2) is 39.3 Å². The molecule has 2 heterocycles. The van der Waals surface area contributed by atoms with Crippen LogP contribution in [-0.2, 0) is 9.59 Å². The minimum absolute atomic E-state index is 0.0663. The molecule has 1 aliphatic rings. The second-order valence-corrected chi connectivity index (χ2v) is 6.02. The molecule has 2 amide bonds. The van der Waals surface area contributed by atoms with E-state index in [1.165, 1.54) is 0 Å². The lowest BCUT2D eigenvalue weighted by Gasteiger charge is -2.18. The lowest BCUT2D eigenvalue weighted by atomic mass is 10.1. The van der Waals surface area contributed by atoms with E-state index in [4.69, 9.17) is 4.52 Å². The predicted molar refractivity (Wildman–Crippen MR) is 84.5 cm³/mol. The van der Waals surface area contributed by atoms with Crippen molar-refractivity contribution in [2.75, 3.05) is 16.8 Å². The highest BCUT2D eigenvalue weighted by molar-refractivity contribution is 9.10. The summed E-state index contributed by atoms with van der Waals surface area (Å²) in [5, 5.41) is 6.40. The number of hydrogen-bond donors (Lipinski definition) is 1. The van der Waals surface area contributed by atoms with E-state index in [0.29, 0.717) is 18.1 Å². The summed E-state index contributed by atoms with van der Waals surface area (Å²) in [5.41, 5.74) is 0.778. The number of anilines is 2. The standard InChI is InChI=1S/C15H14BrN3O3/c1-9-6-13(18-22-9)17-15(21)10-7-14(20)19(8-10)12-5-3-2-4-11(12)16/h2-6,10H,7-8H2,1H3,(H,17,18,21). The third-order valence-electron chi connectivity index (χ3n) is 3.52. The van der Waals surface area contributed by atoms with Crippen molar-refractivity contribution in [2.24, 2.45) is 5.92 Å². The Morgan fingerprint density at radius 3 is 2.91 bits per heavy atom. The largest absolute Gasteiger partial charge is 0.360 e. The number of benzene rings is 1. The maximum Gasteiger partial charge on any atom is 0.231 e. The lowest BCUT2D eigenvalue weighted by molar-refractivity contribution is -0.122. The Kier molecular flexibility index (Phi) is 3.98. The monoisotopic (exact) mass is 363 g/mol.